The van der Waals surface area contributed by atoms with Gasteiger partial charge in [0.2, 0.25) is 5.65 Å². The third-order valence-electron chi connectivity index (χ3n) is 5.69. The maximum absolute atomic E-state index is 6.31. The highest BCUT2D eigenvalue weighted by atomic mass is 35.5. The van der Waals surface area contributed by atoms with Crippen molar-refractivity contribution in [2.24, 2.45) is 5.92 Å². The molecule has 7 nitrogen and oxygen atoms in total. The van der Waals surface area contributed by atoms with Gasteiger partial charge in [-0.1, -0.05) is 54.1 Å². The number of tetrazole rings is 1. The zero-order valence-electron chi connectivity index (χ0n) is 16.0. The van der Waals surface area contributed by atoms with Gasteiger partial charge in [0.05, 0.1) is 0 Å². The largest absolute Gasteiger partial charge is 0.368 e. The molecule has 0 aliphatic carbocycles. The summed E-state index contributed by atoms with van der Waals surface area (Å²) in [6.07, 6.45) is 2.31. The lowest BCUT2D eigenvalue weighted by Gasteiger charge is -2.32. The van der Waals surface area contributed by atoms with E-state index >= 15 is 0 Å². The van der Waals surface area contributed by atoms with Gasteiger partial charge in [0.25, 0.3) is 0 Å². The predicted octanol–water partition coefficient (Wildman–Crippen LogP) is 3.65. The van der Waals surface area contributed by atoms with Crippen LogP contribution in [0.1, 0.15) is 18.4 Å². The fraction of sp³-hybridized carbons (Fsp3) is 0.333. The van der Waals surface area contributed by atoms with Crippen LogP contribution in [-0.4, -0.2) is 49.8 Å². The quantitative estimate of drug-likeness (QED) is 0.544. The van der Waals surface area contributed by atoms with Crippen molar-refractivity contribution in [2.45, 2.75) is 19.4 Å². The molecule has 5 rings (SSSR count). The fourth-order valence-corrected chi connectivity index (χ4v) is 4.23. The third-order valence-corrected chi connectivity index (χ3v) is 6.06. The molecule has 0 amide bonds. The van der Waals surface area contributed by atoms with Gasteiger partial charge in [-0.05, 0) is 53.9 Å². The van der Waals surface area contributed by atoms with E-state index in [4.69, 9.17) is 11.6 Å². The normalized spacial score (nSPS) is 15.9. The van der Waals surface area contributed by atoms with Crippen LogP contribution in [0.4, 0.5) is 5.82 Å². The summed E-state index contributed by atoms with van der Waals surface area (Å²) in [7, 11) is 0. The van der Waals surface area contributed by atoms with E-state index in [0.717, 1.165) is 60.6 Å². The van der Waals surface area contributed by atoms with Crippen LogP contribution in [0, 0.1) is 5.92 Å². The first-order valence-corrected chi connectivity index (χ1v) is 10.3. The first-order chi connectivity index (χ1) is 14.3. The second kappa shape index (κ2) is 7.93. The highest BCUT2D eigenvalue weighted by Crippen LogP contribution is 2.26. The number of piperidine rings is 1. The molecule has 29 heavy (non-hydrogen) atoms. The molecule has 0 unspecified atom stereocenters. The molecular formula is C21H22ClN7. The van der Waals surface area contributed by atoms with Crippen molar-refractivity contribution in [1.29, 1.82) is 0 Å². The van der Waals surface area contributed by atoms with Gasteiger partial charge in [-0.3, -0.25) is 4.90 Å². The van der Waals surface area contributed by atoms with Crippen molar-refractivity contribution in [3.8, 4) is 0 Å². The summed E-state index contributed by atoms with van der Waals surface area (Å²) in [6.45, 7) is 3.97. The Morgan fingerprint density at radius 1 is 1.00 bits per heavy atom. The van der Waals surface area contributed by atoms with Crippen LogP contribution in [0.25, 0.3) is 16.4 Å². The number of hydrogen-bond acceptors (Lipinski definition) is 6. The number of likely N-dealkylation sites (tertiary alicyclic amines) is 1. The van der Waals surface area contributed by atoms with Gasteiger partial charge in [-0.2, -0.15) is 0 Å². The van der Waals surface area contributed by atoms with Gasteiger partial charge in [-0.15, -0.1) is 14.8 Å². The molecule has 1 aliphatic heterocycles. The van der Waals surface area contributed by atoms with E-state index in [0.29, 0.717) is 11.6 Å². The minimum absolute atomic E-state index is 0.614. The molecule has 148 valence electrons. The smallest absolute Gasteiger partial charge is 0.207 e. The highest BCUT2D eigenvalue weighted by molar-refractivity contribution is 6.31. The van der Waals surface area contributed by atoms with Gasteiger partial charge in [0.15, 0.2) is 5.82 Å². The van der Waals surface area contributed by atoms with Crippen molar-refractivity contribution in [3.63, 3.8) is 0 Å². The molecule has 0 atom stereocenters. The first kappa shape index (κ1) is 18.3. The van der Waals surface area contributed by atoms with Gasteiger partial charge in [0, 0.05) is 28.9 Å². The summed E-state index contributed by atoms with van der Waals surface area (Å²) in [6, 6.07) is 16.2. The highest BCUT2D eigenvalue weighted by Gasteiger charge is 2.20. The SMILES string of the molecule is Clc1ccccc1CN1CCC(CNc2nn3nnnc3c3ccccc23)CC1. The Labute approximate surface area is 173 Å². The number of anilines is 1. The zero-order valence-corrected chi connectivity index (χ0v) is 16.8. The Morgan fingerprint density at radius 3 is 2.59 bits per heavy atom. The van der Waals surface area contributed by atoms with Crippen molar-refractivity contribution in [2.75, 3.05) is 25.0 Å². The maximum atomic E-state index is 6.31. The predicted molar refractivity (Wildman–Crippen MR) is 114 cm³/mol. The molecule has 0 saturated carbocycles. The topological polar surface area (TPSA) is 71.2 Å². The molecule has 2 aromatic heterocycles. The molecule has 1 N–H and O–H groups in total. The summed E-state index contributed by atoms with van der Waals surface area (Å²) < 4.78 is 1.50. The molecule has 0 bridgehead atoms. The summed E-state index contributed by atoms with van der Waals surface area (Å²) in [5.74, 6) is 1.45. The standard InChI is InChI=1S/C21H22ClN7/c22-19-8-4-1-5-16(19)14-28-11-9-15(10-12-28)13-23-20-17-6-2-3-7-18(17)21-24-26-27-29(21)25-20/h1-8,15H,9-14H2,(H,23,25). The van der Waals surface area contributed by atoms with E-state index in [9.17, 15) is 0 Å². The van der Waals surface area contributed by atoms with Crippen LogP contribution in [0.3, 0.4) is 0 Å². The van der Waals surface area contributed by atoms with Crippen molar-refractivity contribution >= 4 is 33.8 Å². The monoisotopic (exact) mass is 407 g/mol. The Kier molecular flexibility index (Phi) is 4.99. The second-order valence-electron chi connectivity index (χ2n) is 7.58. The van der Waals surface area contributed by atoms with Crippen LogP contribution in [0.2, 0.25) is 5.02 Å². The summed E-state index contributed by atoms with van der Waals surface area (Å²) in [5, 5.41) is 22.8. The van der Waals surface area contributed by atoms with E-state index in [1.54, 1.807) is 0 Å². The Hall–Kier alpha value is -2.77. The van der Waals surface area contributed by atoms with E-state index in [2.05, 4.69) is 49.0 Å². The van der Waals surface area contributed by atoms with Crippen LogP contribution < -0.4 is 5.32 Å². The average Bonchev–Trinajstić information content (AvgIpc) is 3.23. The lowest BCUT2D eigenvalue weighted by atomic mass is 9.96. The molecule has 2 aromatic carbocycles. The molecule has 1 fully saturated rings. The number of nitrogens with one attached hydrogen (secondary N) is 1. The van der Waals surface area contributed by atoms with Crippen LogP contribution in [-0.2, 0) is 6.54 Å². The summed E-state index contributed by atoms with van der Waals surface area (Å²) in [5.41, 5.74) is 1.88. The number of aromatic nitrogens is 5. The number of rotatable bonds is 5. The van der Waals surface area contributed by atoms with Crippen LogP contribution >= 0.6 is 11.6 Å². The minimum Gasteiger partial charge on any atom is -0.368 e. The summed E-state index contributed by atoms with van der Waals surface area (Å²) >= 11 is 6.31. The zero-order chi connectivity index (χ0) is 19.6. The summed E-state index contributed by atoms with van der Waals surface area (Å²) in [4.78, 5) is 2.48. The fourth-order valence-electron chi connectivity index (χ4n) is 4.03. The molecule has 3 heterocycles. The van der Waals surface area contributed by atoms with Crippen molar-refractivity contribution in [1.82, 2.24) is 30.2 Å². The number of benzene rings is 2. The Morgan fingerprint density at radius 2 is 1.76 bits per heavy atom. The van der Waals surface area contributed by atoms with Crippen molar-refractivity contribution in [3.05, 3.63) is 59.1 Å². The average molecular weight is 408 g/mol. The molecule has 1 aliphatic rings. The molecule has 0 spiro atoms. The third kappa shape index (κ3) is 3.75. The van der Waals surface area contributed by atoms with Gasteiger partial charge in [0.1, 0.15) is 0 Å². The van der Waals surface area contributed by atoms with Gasteiger partial charge in [-0.25, -0.2) is 0 Å². The molecule has 1 saturated heterocycles. The van der Waals surface area contributed by atoms with E-state index < -0.39 is 0 Å². The number of nitrogens with zero attached hydrogens (tertiary/aromatic N) is 6. The van der Waals surface area contributed by atoms with Crippen LogP contribution in [0.15, 0.2) is 48.5 Å². The van der Waals surface area contributed by atoms with Crippen molar-refractivity contribution < 1.29 is 0 Å². The number of fused-ring (bicyclic) bond motifs is 3. The lowest BCUT2D eigenvalue weighted by molar-refractivity contribution is 0.182. The molecule has 4 aromatic rings. The van der Waals surface area contributed by atoms with Gasteiger partial charge < -0.3 is 5.32 Å². The van der Waals surface area contributed by atoms with E-state index in [1.165, 1.54) is 10.2 Å². The Balaban J connectivity index is 1.23. The number of hydrogen-bond donors (Lipinski definition) is 1. The van der Waals surface area contributed by atoms with E-state index in [1.807, 2.05) is 30.3 Å². The van der Waals surface area contributed by atoms with Crippen LogP contribution in [0.5, 0.6) is 0 Å². The number of halogens is 1. The molecular weight excluding hydrogens is 386 g/mol. The second-order valence-corrected chi connectivity index (χ2v) is 7.99. The first-order valence-electron chi connectivity index (χ1n) is 9.95. The minimum atomic E-state index is 0.614. The van der Waals surface area contributed by atoms with E-state index in [-0.39, 0.29) is 0 Å². The molecule has 0 radical (unpaired) electrons. The Bertz CT molecular complexity index is 1130. The molecule has 8 heteroatoms. The van der Waals surface area contributed by atoms with Gasteiger partial charge >= 0.3 is 0 Å². The lowest BCUT2D eigenvalue weighted by Crippen LogP contribution is -2.35. The maximum Gasteiger partial charge on any atom is 0.207 e.